The molecule has 3 aromatic rings. The van der Waals surface area contributed by atoms with Crippen LogP contribution in [0.15, 0.2) is 69.4 Å². The summed E-state index contributed by atoms with van der Waals surface area (Å²) in [5.74, 6) is -0.265. The number of carbonyl (C=O) groups excluding carboxylic acids is 2. The van der Waals surface area contributed by atoms with Crippen LogP contribution in [0.5, 0.6) is 0 Å². The summed E-state index contributed by atoms with van der Waals surface area (Å²) in [6.45, 7) is 0. The molecule has 0 bridgehead atoms. The number of hydrogen-bond donors (Lipinski definition) is 2. The van der Waals surface area contributed by atoms with Crippen molar-refractivity contribution in [3.63, 3.8) is 0 Å². The maximum atomic E-state index is 12.1. The van der Waals surface area contributed by atoms with Gasteiger partial charge in [-0.25, -0.2) is 0 Å². The number of carbonyl (C=O) groups is 2. The molecule has 0 saturated heterocycles. The topological polar surface area (TPSA) is 84.0 Å². The first kappa shape index (κ1) is 19.4. The van der Waals surface area contributed by atoms with Gasteiger partial charge in [0.2, 0.25) is 5.91 Å². The van der Waals surface area contributed by atoms with Gasteiger partial charge in [-0.15, -0.1) is 10.2 Å². The van der Waals surface area contributed by atoms with Crippen LogP contribution >= 0.6 is 23.1 Å². The van der Waals surface area contributed by atoms with Crippen molar-refractivity contribution in [1.82, 2.24) is 15.5 Å². The molecule has 1 heterocycles. The van der Waals surface area contributed by atoms with E-state index in [2.05, 4.69) is 20.8 Å². The SMILES string of the molecule is O=C(/C=C/c1ccc(C(=O)NC2CC2)cc1)Nc1ccc(Sc2nncs2)cc1. The van der Waals surface area contributed by atoms with Crippen LogP contribution in [0.3, 0.4) is 0 Å². The third-order valence-electron chi connectivity index (χ3n) is 4.18. The molecule has 0 atom stereocenters. The van der Waals surface area contributed by atoms with Gasteiger partial charge in [-0.3, -0.25) is 9.59 Å². The second kappa shape index (κ2) is 9.02. The van der Waals surface area contributed by atoms with Gasteiger partial charge in [-0.05, 0) is 60.9 Å². The van der Waals surface area contributed by atoms with E-state index in [1.807, 2.05) is 36.4 Å². The van der Waals surface area contributed by atoms with Gasteiger partial charge >= 0.3 is 0 Å². The van der Waals surface area contributed by atoms with Crippen molar-refractivity contribution in [2.75, 3.05) is 5.32 Å². The van der Waals surface area contributed by atoms with Gasteiger partial charge in [0.1, 0.15) is 5.51 Å². The van der Waals surface area contributed by atoms with E-state index in [-0.39, 0.29) is 11.8 Å². The standard InChI is InChI=1S/C21H18N4O2S2/c26-19(23-16-8-10-18(11-9-16)29-21-25-22-13-28-21)12-3-14-1-4-15(5-2-14)20(27)24-17-6-7-17/h1-5,8-13,17H,6-7H2,(H,23,26)(H,24,27)/b12-3+. The van der Waals surface area contributed by atoms with E-state index in [0.717, 1.165) is 27.6 Å². The average molecular weight is 423 g/mol. The fourth-order valence-electron chi connectivity index (χ4n) is 2.51. The Balaban J connectivity index is 1.29. The zero-order valence-corrected chi connectivity index (χ0v) is 17.0. The zero-order chi connectivity index (χ0) is 20.1. The van der Waals surface area contributed by atoms with E-state index in [0.29, 0.717) is 17.3 Å². The van der Waals surface area contributed by atoms with E-state index in [1.165, 1.54) is 29.2 Å². The minimum absolute atomic E-state index is 0.0477. The lowest BCUT2D eigenvalue weighted by atomic mass is 10.1. The number of aromatic nitrogens is 2. The Morgan fingerprint density at radius 1 is 1.07 bits per heavy atom. The maximum absolute atomic E-state index is 12.1. The highest BCUT2D eigenvalue weighted by Gasteiger charge is 2.23. The average Bonchev–Trinajstić information content (AvgIpc) is 3.40. The fraction of sp³-hybridized carbons (Fsp3) is 0.143. The molecule has 0 unspecified atom stereocenters. The highest BCUT2D eigenvalue weighted by molar-refractivity contribution is 8.01. The lowest BCUT2D eigenvalue weighted by Crippen LogP contribution is -2.25. The van der Waals surface area contributed by atoms with Crippen molar-refractivity contribution < 1.29 is 9.59 Å². The number of hydrogen-bond acceptors (Lipinski definition) is 6. The summed E-state index contributed by atoms with van der Waals surface area (Å²) in [5, 5.41) is 13.6. The molecule has 1 aliphatic rings. The summed E-state index contributed by atoms with van der Waals surface area (Å²) in [5.41, 5.74) is 3.89. The van der Waals surface area contributed by atoms with Crippen molar-refractivity contribution in [3.05, 3.63) is 71.2 Å². The number of nitrogens with zero attached hydrogens (tertiary/aromatic N) is 2. The quantitative estimate of drug-likeness (QED) is 0.557. The van der Waals surface area contributed by atoms with E-state index < -0.39 is 0 Å². The van der Waals surface area contributed by atoms with Gasteiger partial charge in [0.15, 0.2) is 4.34 Å². The molecule has 0 aliphatic heterocycles. The van der Waals surface area contributed by atoms with Crippen LogP contribution in [-0.2, 0) is 4.79 Å². The first-order valence-electron chi connectivity index (χ1n) is 9.10. The van der Waals surface area contributed by atoms with E-state index in [1.54, 1.807) is 23.7 Å². The van der Waals surface area contributed by atoms with E-state index in [9.17, 15) is 9.59 Å². The Labute approximate surface area is 176 Å². The molecule has 2 amide bonds. The Hall–Kier alpha value is -2.97. The summed E-state index contributed by atoms with van der Waals surface area (Å²) in [6, 6.07) is 15.1. The summed E-state index contributed by atoms with van der Waals surface area (Å²) >= 11 is 3.01. The zero-order valence-electron chi connectivity index (χ0n) is 15.4. The molecule has 2 N–H and O–H groups in total. The number of amides is 2. The Morgan fingerprint density at radius 3 is 2.48 bits per heavy atom. The van der Waals surface area contributed by atoms with Gasteiger partial charge in [0.25, 0.3) is 5.91 Å². The second-order valence-electron chi connectivity index (χ2n) is 6.52. The lowest BCUT2D eigenvalue weighted by molar-refractivity contribution is -0.111. The summed E-state index contributed by atoms with van der Waals surface area (Å²) in [4.78, 5) is 25.2. The molecule has 1 fully saturated rings. The molecule has 8 heteroatoms. The summed E-state index contributed by atoms with van der Waals surface area (Å²) in [7, 11) is 0. The van der Waals surface area contributed by atoms with Gasteiger partial charge in [-0.1, -0.05) is 35.2 Å². The largest absolute Gasteiger partial charge is 0.349 e. The minimum Gasteiger partial charge on any atom is -0.349 e. The number of benzene rings is 2. The van der Waals surface area contributed by atoms with Gasteiger partial charge < -0.3 is 10.6 Å². The van der Waals surface area contributed by atoms with Gasteiger partial charge in [0, 0.05) is 28.3 Å². The van der Waals surface area contributed by atoms with E-state index >= 15 is 0 Å². The molecule has 6 nitrogen and oxygen atoms in total. The first-order valence-corrected chi connectivity index (χ1v) is 10.8. The Morgan fingerprint density at radius 2 is 1.83 bits per heavy atom. The van der Waals surface area contributed by atoms with Crippen molar-refractivity contribution in [2.24, 2.45) is 0 Å². The predicted octanol–water partition coefficient (Wildman–Crippen LogP) is 4.23. The summed E-state index contributed by atoms with van der Waals surface area (Å²) < 4.78 is 0.876. The molecule has 29 heavy (non-hydrogen) atoms. The number of rotatable bonds is 7. The molecule has 1 saturated carbocycles. The normalized spacial score (nSPS) is 13.4. The van der Waals surface area contributed by atoms with E-state index in [4.69, 9.17) is 0 Å². The predicted molar refractivity (Wildman–Crippen MR) is 115 cm³/mol. The molecule has 1 aromatic heterocycles. The number of anilines is 1. The maximum Gasteiger partial charge on any atom is 0.251 e. The molecule has 1 aliphatic carbocycles. The van der Waals surface area contributed by atoms with Crippen LogP contribution in [0.25, 0.3) is 6.08 Å². The third kappa shape index (κ3) is 5.75. The molecule has 2 aromatic carbocycles. The molecule has 146 valence electrons. The van der Waals surface area contributed by atoms with Crippen LogP contribution in [0, 0.1) is 0 Å². The van der Waals surface area contributed by atoms with Crippen LogP contribution in [-0.4, -0.2) is 28.1 Å². The van der Waals surface area contributed by atoms with Crippen LogP contribution in [0.2, 0.25) is 0 Å². The smallest absolute Gasteiger partial charge is 0.251 e. The molecule has 4 rings (SSSR count). The number of nitrogens with one attached hydrogen (secondary N) is 2. The summed E-state index contributed by atoms with van der Waals surface area (Å²) in [6.07, 6.45) is 5.32. The monoisotopic (exact) mass is 422 g/mol. The Kier molecular flexibility index (Phi) is 6.02. The van der Waals surface area contributed by atoms with Crippen molar-refractivity contribution in [1.29, 1.82) is 0 Å². The highest BCUT2D eigenvalue weighted by Crippen LogP contribution is 2.29. The minimum atomic E-state index is -0.218. The second-order valence-corrected chi connectivity index (χ2v) is 8.68. The van der Waals surface area contributed by atoms with Crippen LogP contribution in [0.1, 0.15) is 28.8 Å². The van der Waals surface area contributed by atoms with Crippen LogP contribution < -0.4 is 10.6 Å². The molecular weight excluding hydrogens is 404 g/mol. The molecular formula is C21H18N4O2S2. The highest BCUT2D eigenvalue weighted by atomic mass is 32.2. The van der Waals surface area contributed by atoms with Crippen molar-refractivity contribution in [2.45, 2.75) is 28.1 Å². The Bertz CT molecular complexity index is 1010. The molecule has 0 spiro atoms. The third-order valence-corrected chi connectivity index (χ3v) is 5.97. The van der Waals surface area contributed by atoms with Gasteiger partial charge in [-0.2, -0.15) is 0 Å². The fourth-order valence-corrected chi connectivity index (χ4v) is 3.96. The lowest BCUT2D eigenvalue weighted by Gasteiger charge is -2.04. The van der Waals surface area contributed by atoms with Gasteiger partial charge in [0.05, 0.1) is 0 Å². The van der Waals surface area contributed by atoms with Crippen LogP contribution in [0.4, 0.5) is 5.69 Å². The molecule has 0 radical (unpaired) electrons. The van der Waals surface area contributed by atoms with Crippen molar-refractivity contribution in [3.8, 4) is 0 Å². The van der Waals surface area contributed by atoms with Crippen molar-refractivity contribution >= 4 is 46.7 Å². The first-order chi connectivity index (χ1) is 14.2.